The molecular formula is C15H21N3O2. The molecule has 1 aliphatic heterocycles. The molecule has 5 nitrogen and oxygen atoms in total. The van der Waals surface area contributed by atoms with E-state index in [0.29, 0.717) is 12.6 Å². The molecule has 108 valence electrons. The molecule has 0 fully saturated rings. The van der Waals surface area contributed by atoms with Crippen LogP contribution in [-0.2, 0) is 16.0 Å². The van der Waals surface area contributed by atoms with Crippen LogP contribution < -0.4 is 10.6 Å². The highest BCUT2D eigenvalue weighted by molar-refractivity contribution is 5.90. The van der Waals surface area contributed by atoms with Gasteiger partial charge in [0.2, 0.25) is 5.91 Å². The third-order valence-electron chi connectivity index (χ3n) is 3.53. The topological polar surface area (TPSA) is 67.9 Å². The Balaban J connectivity index is 1.80. The Morgan fingerprint density at radius 3 is 2.70 bits per heavy atom. The van der Waals surface area contributed by atoms with E-state index in [9.17, 15) is 4.79 Å². The zero-order valence-electron chi connectivity index (χ0n) is 12.0. The monoisotopic (exact) mass is 275 g/mol. The van der Waals surface area contributed by atoms with Crippen molar-refractivity contribution in [3.8, 4) is 0 Å². The molecule has 0 aliphatic carbocycles. The van der Waals surface area contributed by atoms with Crippen molar-refractivity contribution >= 4 is 17.6 Å². The van der Waals surface area contributed by atoms with Crippen LogP contribution in [-0.4, -0.2) is 31.6 Å². The zero-order chi connectivity index (χ0) is 14.5. The summed E-state index contributed by atoms with van der Waals surface area (Å²) < 4.78 is 5.12. The van der Waals surface area contributed by atoms with Gasteiger partial charge in [0.05, 0.1) is 6.04 Å². The second kappa shape index (κ2) is 6.41. The predicted octanol–water partition coefficient (Wildman–Crippen LogP) is 1.71. The fraction of sp³-hybridized carbons (Fsp3) is 0.467. The molecule has 1 heterocycles. The van der Waals surface area contributed by atoms with Crippen LogP contribution in [0.4, 0.5) is 5.69 Å². The lowest BCUT2D eigenvalue weighted by atomic mass is 10.0. The van der Waals surface area contributed by atoms with E-state index in [0.717, 1.165) is 24.9 Å². The Labute approximate surface area is 119 Å². The van der Waals surface area contributed by atoms with E-state index in [1.165, 1.54) is 5.56 Å². The number of anilines is 1. The van der Waals surface area contributed by atoms with Crippen LogP contribution in [0.3, 0.4) is 0 Å². The number of aliphatic imine (C=N–C) groups is 1. The van der Waals surface area contributed by atoms with E-state index in [2.05, 4.69) is 17.1 Å². The summed E-state index contributed by atoms with van der Waals surface area (Å²) in [6.45, 7) is 2.16. The highest BCUT2D eigenvalue weighted by atomic mass is 16.5. The number of ether oxygens (including phenoxy) is 1. The largest absolute Gasteiger partial charge is 0.463 e. The van der Waals surface area contributed by atoms with Crippen molar-refractivity contribution in [3.05, 3.63) is 29.8 Å². The maximum absolute atomic E-state index is 11.3. The summed E-state index contributed by atoms with van der Waals surface area (Å²) in [5, 5.41) is 0. The first-order chi connectivity index (χ1) is 9.56. The molecule has 0 unspecified atom stereocenters. The molecule has 0 aromatic heterocycles. The Bertz CT molecular complexity index is 496. The van der Waals surface area contributed by atoms with Crippen LogP contribution >= 0.6 is 0 Å². The van der Waals surface area contributed by atoms with Crippen molar-refractivity contribution in [3.63, 3.8) is 0 Å². The first-order valence-corrected chi connectivity index (χ1v) is 6.85. The van der Waals surface area contributed by atoms with Gasteiger partial charge in [-0.05, 0) is 37.0 Å². The number of hydrogen-bond donors (Lipinski definition) is 1. The van der Waals surface area contributed by atoms with Gasteiger partial charge < -0.3 is 15.4 Å². The van der Waals surface area contributed by atoms with Gasteiger partial charge in [-0.15, -0.1) is 0 Å². The minimum atomic E-state index is 0.0365. The van der Waals surface area contributed by atoms with Gasteiger partial charge in [-0.3, -0.25) is 4.79 Å². The Hall–Kier alpha value is -2.04. The first-order valence-electron chi connectivity index (χ1n) is 6.85. The van der Waals surface area contributed by atoms with E-state index < -0.39 is 0 Å². The molecule has 0 spiro atoms. The van der Waals surface area contributed by atoms with Gasteiger partial charge >= 0.3 is 0 Å². The van der Waals surface area contributed by atoms with Gasteiger partial charge in [0.1, 0.15) is 6.61 Å². The zero-order valence-corrected chi connectivity index (χ0v) is 12.0. The normalized spacial score (nSPS) is 17.5. The summed E-state index contributed by atoms with van der Waals surface area (Å²) in [6.07, 6.45) is 3.03. The number of benzene rings is 1. The lowest BCUT2D eigenvalue weighted by Crippen LogP contribution is -2.22. The number of carbonyl (C=O) groups is 1. The number of aryl methyl sites for hydroxylation is 1. The summed E-state index contributed by atoms with van der Waals surface area (Å²) in [5.41, 5.74) is 7.66. The molecule has 0 saturated heterocycles. The van der Waals surface area contributed by atoms with Crippen molar-refractivity contribution in [2.45, 2.75) is 32.2 Å². The minimum Gasteiger partial charge on any atom is -0.463 e. The maximum atomic E-state index is 11.3. The summed E-state index contributed by atoms with van der Waals surface area (Å²) in [7, 11) is 1.78. The van der Waals surface area contributed by atoms with Crippen LogP contribution in [0.1, 0.15) is 25.3 Å². The van der Waals surface area contributed by atoms with Gasteiger partial charge in [-0.25, -0.2) is 4.99 Å². The molecule has 1 amide bonds. The average Bonchev–Trinajstić information content (AvgIpc) is 2.84. The summed E-state index contributed by atoms with van der Waals surface area (Å²) in [6, 6.07) is 8.61. The molecule has 2 N–H and O–H groups in total. The van der Waals surface area contributed by atoms with Gasteiger partial charge in [-0.1, -0.05) is 12.1 Å². The number of nitrogens with two attached hydrogens (primary N) is 1. The van der Waals surface area contributed by atoms with Crippen LogP contribution in [0.5, 0.6) is 0 Å². The van der Waals surface area contributed by atoms with Crippen molar-refractivity contribution in [1.29, 1.82) is 0 Å². The van der Waals surface area contributed by atoms with Gasteiger partial charge in [-0.2, -0.15) is 0 Å². The lowest BCUT2D eigenvalue weighted by Gasteiger charge is -2.15. The Morgan fingerprint density at radius 1 is 1.45 bits per heavy atom. The van der Waals surface area contributed by atoms with Crippen LogP contribution in [0, 0.1) is 0 Å². The van der Waals surface area contributed by atoms with Crippen LogP contribution in [0.25, 0.3) is 0 Å². The lowest BCUT2D eigenvalue weighted by molar-refractivity contribution is -0.116. The molecule has 2 rings (SSSR count). The SMILES string of the molecule is CC(=O)N(C)c1ccc(CCC[C@H]2COC(N)=N2)cc1. The molecule has 1 aromatic carbocycles. The van der Waals surface area contributed by atoms with Crippen molar-refractivity contribution < 1.29 is 9.53 Å². The first kappa shape index (κ1) is 14.4. The van der Waals surface area contributed by atoms with E-state index in [4.69, 9.17) is 10.5 Å². The van der Waals surface area contributed by atoms with Crippen molar-refractivity contribution in [2.75, 3.05) is 18.6 Å². The number of nitrogens with zero attached hydrogens (tertiary/aromatic N) is 2. The number of hydrogen-bond acceptors (Lipinski definition) is 4. The highest BCUT2D eigenvalue weighted by Gasteiger charge is 2.15. The average molecular weight is 275 g/mol. The van der Waals surface area contributed by atoms with Crippen LogP contribution in [0.2, 0.25) is 0 Å². The second-order valence-electron chi connectivity index (χ2n) is 5.07. The van der Waals surface area contributed by atoms with Crippen molar-refractivity contribution in [2.24, 2.45) is 10.7 Å². The molecule has 0 radical (unpaired) electrons. The minimum absolute atomic E-state index is 0.0365. The molecule has 20 heavy (non-hydrogen) atoms. The fourth-order valence-corrected chi connectivity index (χ4v) is 2.19. The Morgan fingerprint density at radius 2 is 2.15 bits per heavy atom. The smallest absolute Gasteiger partial charge is 0.282 e. The molecule has 0 bridgehead atoms. The number of rotatable bonds is 5. The third-order valence-corrected chi connectivity index (χ3v) is 3.53. The summed E-state index contributed by atoms with van der Waals surface area (Å²) in [5.74, 6) is 0.0365. The van der Waals surface area contributed by atoms with Gasteiger partial charge in [0.25, 0.3) is 6.02 Å². The number of carbonyl (C=O) groups excluding carboxylic acids is 1. The quantitative estimate of drug-likeness (QED) is 0.889. The van der Waals surface area contributed by atoms with E-state index in [1.807, 2.05) is 12.1 Å². The number of amidine groups is 1. The van der Waals surface area contributed by atoms with E-state index >= 15 is 0 Å². The molecule has 1 aliphatic rings. The summed E-state index contributed by atoms with van der Waals surface area (Å²) >= 11 is 0. The van der Waals surface area contributed by atoms with E-state index in [-0.39, 0.29) is 11.9 Å². The highest BCUT2D eigenvalue weighted by Crippen LogP contribution is 2.16. The third kappa shape index (κ3) is 3.73. The van der Waals surface area contributed by atoms with Crippen molar-refractivity contribution in [1.82, 2.24) is 0 Å². The number of amides is 1. The molecule has 1 atom stereocenters. The fourth-order valence-electron chi connectivity index (χ4n) is 2.19. The Kier molecular flexibility index (Phi) is 4.61. The summed E-state index contributed by atoms with van der Waals surface area (Å²) in [4.78, 5) is 17.1. The second-order valence-corrected chi connectivity index (χ2v) is 5.07. The predicted molar refractivity (Wildman–Crippen MR) is 79.8 cm³/mol. The molecular weight excluding hydrogens is 254 g/mol. The molecule has 1 aromatic rings. The van der Waals surface area contributed by atoms with Gasteiger partial charge in [0.15, 0.2) is 0 Å². The standard InChI is InChI=1S/C15H21N3O2/c1-11(19)18(2)14-8-6-12(7-9-14)4-3-5-13-10-20-15(16)17-13/h6-9,13H,3-5,10H2,1-2H3,(H2,16,17)/t13-/m0/s1. The molecule has 5 heteroatoms. The molecule has 0 saturated carbocycles. The van der Waals surface area contributed by atoms with Gasteiger partial charge in [0, 0.05) is 19.7 Å². The maximum Gasteiger partial charge on any atom is 0.282 e. The van der Waals surface area contributed by atoms with E-state index in [1.54, 1.807) is 18.9 Å². The van der Waals surface area contributed by atoms with Crippen LogP contribution in [0.15, 0.2) is 29.3 Å².